The van der Waals surface area contributed by atoms with Gasteiger partial charge in [0.2, 0.25) is 0 Å². The molecular weight excluding hydrogens is 260 g/mol. The largest absolute Gasteiger partial charge is 0.310 e. The summed E-state index contributed by atoms with van der Waals surface area (Å²) in [6, 6.07) is 7.97. The number of Topliss-reactive ketones (excluding diaryl/α,β-unsaturated/α-hetero) is 1. The van der Waals surface area contributed by atoms with Crippen molar-refractivity contribution in [3.8, 4) is 0 Å². The van der Waals surface area contributed by atoms with Gasteiger partial charge in [0.15, 0.2) is 5.78 Å². The summed E-state index contributed by atoms with van der Waals surface area (Å²) in [6.45, 7) is 7.29. The van der Waals surface area contributed by atoms with Crippen LogP contribution in [0.3, 0.4) is 0 Å². The van der Waals surface area contributed by atoms with Crippen LogP contribution >= 0.6 is 0 Å². The van der Waals surface area contributed by atoms with Crippen molar-refractivity contribution in [2.24, 2.45) is 0 Å². The van der Waals surface area contributed by atoms with E-state index in [1.807, 2.05) is 24.3 Å². The van der Waals surface area contributed by atoms with Gasteiger partial charge < -0.3 is 10.2 Å². The number of ketones is 1. The Balaban J connectivity index is 1.55. The van der Waals surface area contributed by atoms with Crippen LogP contribution in [-0.4, -0.2) is 43.4 Å². The predicted molar refractivity (Wildman–Crippen MR) is 87.9 cm³/mol. The maximum absolute atomic E-state index is 12.0. The Morgan fingerprint density at radius 2 is 1.86 bits per heavy atom. The third-order valence-corrected chi connectivity index (χ3v) is 4.25. The van der Waals surface area contributed by atoms with Gasteiger partial charge in [-0.05, 0) is 63.8 Å². The molecule has 0 saturated carbocycles. The second-order valence-corrected chi connectivity index (χ2v) is 5.91. The van der Waals surface area contributed by atoms with Crippen molar-refractivity contribution in [2.45, 2.75) is 39.0 Å². The number of nitrogens with one attached hydrogen (secondary N) is 1. The second-order valence-electron chi connectivity index (χ2n) is 5.91. The Morgan fingerprint density at radius 1 is 1.14 bits per heavy atom. The molecule has 0 unspecified atom stereocenters. The van der Waals surface area contributed by atoms with Crippen LogP contribution in [0.15, 0.2) is 24.3 Å². The summed E-state index contributed by atoms with van der Waals surface area (Å²) in [5.41, 5.74) is 2.10. The van der Waals surface area contributed by atoms with E-state index < -0.39 is 0 Å². The number of benzene rings is 1. The Hall–Kier alpha value is -1.19. The predicted octanol–water partition coefficient (Wildman–Crippen LogP) is 2.90. The molecule has 0 radical (unpaired) electrons. The molecule has 2 rings (SSSR count). The maximum Gasteiger partial charge on any atom is 0.176 e. The molecule has 1 aliphatic rings. The third kappa shape index (κ3) is 5.60. The molecule has 0 amide bonds. The van der Waals surface area contributed by atoms with Gasteiger partial charge in [0, 0.05) is 5.56 Å². The highest BCUT2D eigenvalue weighted by atomic mass is 16.1. The van der Waals surface area contributed by atoms with Gasteiger partial charge in [-0.25, -0.2) is 0 Å². The van der Waals surface area contributed by atoms with Crippen molar-refractivity contribution in [3.05, 3.63) is 35.4 Å². The summed E-state index contributed by atoms with van der Waals surface area (Å²) in [4.78, 5) is 14.6. The molecule has 0 spiro atoms. The fraction of sp³-hybridized carbons (Fsp3) is 0.611. The van der Waals surface area contributed by atoms with Gasteiger partial charge >= 0.3 is 0 Å². The van der Waals surface area contributed by atoms with Gasteiger partial charge in [0.05, 0.1) is 6.54 Å². The van der Waals surface area contributed by atoms with E-state index in [0.717, 1.165) is 24.9 Å². The van der Waals surface area contributed by atoms with E-state index in [1.165, 1.54) is 44.5 Å². The van der Waals surface area contributed by atoms with E-state index in [-0.39, 0.29) is 5.78 Å². The number of nitrogens with zero attached hydrogens (tertiary/aromatic N) is 1. The van der Waals surface area contributed by atoms with Gasteiger partial charge in [0.25, 0.3) is 0 Å². The van der Waals surface area contributed by atoms with Crippen LogP contribution in [-0.2, 0) is 6.42 Å². The number of hydrogen-bond donors (Lipinski definition) is 1. The molecule has 0 atom stereocenters. The molecule has 1 N–H and O–H groups in total. The number of aryl methyl sites for hydroxylation is 1. The summed E-state index contributed by atoms with van der Waals surface area (Å²) in [6.07, 6.45) is 6.13. The van der Waals surface area contributed by atoms with E-state index in [0.29, 0.717) is 6.54 Å². The Bertz CT molecular complexity index is 421. The molecule has 1 aromatic rings. The van der Waals surface area contributed by atoms with Crippen molar-refractivity contribution in [1.82, 2.24) is 10.2 Å². The monoisotopic (exact) mass is 288 g/mol. The zero-order valence-electron chi connectivity index (χ0n) is 13.2. The minimum Gasteiger partial charge on any atom is -0.310 e. The highest BCUT2D eigenvalue weighted by molar-refractivity contribution is 5.97. The third-order valence-electron chi connectivity index (χ3n) is 4.25. The highest BCUT2D eigenvalue weighted by Gasteiger charge is 2.10. The van der Waals surface area contributed by atoms with E-state index in [1.54, 1.807) is 0 Å². The second kappa shape index (κ2) is 8.96. The first kappa shape index (κ1) is 16.2. The van der Waals surface area contributed by atoms with Crippen LogP contribution in [0.1, 0.15) is 48.5 Å². The first-order valence-electron chi connectivity index (χ1n) is 8.35. The first-order valence-corrected chi connectivity index (χ1v) is 8.35. The van der Waals surface area contributed by atoms with Crippen molar-refractivity contribution in [3.63, 3.8) is 0 Å². The van der Waals surface area contributed by atoms with Crippen LogP contribution in [0.2, 0.25) is 0 Å². The van der Waals surface area contributed by atoms with Crippen molar-refractivity contribution < 1.29 is 4.79 Å². The number of unbranched alkanes of at least 4 members (excludes halogenated alkanes) is 1. The van der Waals surface area contributed by atoms with Crippen LogP contribution in [0.25, 0.3) is 0 Å². The lowest BCUT2D eigenvalue weighted by Crippen LogP contribution is -2.25. The Kier molecular flexibility index (Phi) is 6.90. The minimum absolute atomic E-state index is 0.192. The smallest absolute Gasteiger partial charge is 0.176 e. The van der Waals surface area contributed by atoms with Crippen molar-refractivity contribution >= 4 is 5.78 Å². The lowest BCUT2D eigenvalue weighted by atomic mass is 10.1. The summed E-state index contributed by atoms with van der Waals surface area (Å²) < 4.78 is 0. The number of rotatable bonds is 9. The zero-order valence-corrected chi connectivity index (χ0v) is 13.2. The molecule has 0 aromatic heterocycles. The molecule has 1 aromatic carbocycles. The first-order chi connectivity index (χ1) is 10.3. The van der Waals surface area contributed by atoms with E-state index in [4.69, 9.17) is 0 Å². The summed E-state index contributed by atoms with van der Waals surface area (Å²) in [5.74, 6) is 0.192. The SMILES string of the molecule is CCc1ccc(C(=O)CNCCCCN2CCCC2)cc1. The quantitative estimate of drug-likeness (QED) is 0.560. The molecule has 1 aliphatic heterocycles. The van der Waals surface area contributed by atoms with Gasteiger partial charge in [-0.15, -0.1) is 0 Å². The molecule has 0 aliphatic carbocycles. The lowest BCUT2D eigenvalue weighted by Gasteiger charge is -2.13. The molecule has 0 bridgehead atoms. The minimum atomic E-state index is 0.192. The van der Waals surface area contributed by atoms with Gasteiger partial charge in [-0.2, -0.15) is 0 Å². The van der Waals surface area contributed by atoms with Gasteiger partial charge in [-0.3, -0.25) is 4.79 Å². The van der Waals surface area contributed by atoms with Crippen LogP contribution in [0.4, 0.5) is 0 Å². The summed E-state index contributed by atoms with van der Waals surface area (Å²) in [5, 5.41) is 3.27. The van der Waals surface area contributed by atoms with Gasteiger partial charge in [-0.1, -0.05) is 31.2 Å². The standard InChI is InChI=1S/C18H28N2O/c1-2-16-7-9-17(10-8-16)18(21)15-19-11-3-4-12-20-13-5-6-14-20/h7-10,19H,2-6,11-15H2,1H3. The average Bonchev–Trinajstić information content (AvgIpc) is 3.04. The van der Waals surface area contributed by atoms with Crippen molar-refractivity contribution in [1.29, 1.82) is 0 Å². The number of carbonyl (C=O) groups excluding carboxylic acids is 1. The van der Waals surface area contributed by atoms with Crippen molar-refractivity contribution in [2.75, 3.05) is 32.7 Å². The molecule has 3 nitrogen and oxygen atoms in total. The fourth-order valence-electron chi connectivity index (χ4n) is 2.82. The molecule has 21 heavy (non-hydrogen) atoms. The fourth-order valence-corrected chi connectivity index (χ4v) is 2.82. The summed E-state index contributed by atoms with van der Waals surface area (Å²) in [7, 11) is 0. The Labute approximate surface area is 128 Å². The maximum atomic E-state index is 12.0. The molecule has 1 saturated heterocycles. The molecular formula is C18H28N2O. The zero-order chi connectivity index (χ0) is 14.9. The van der Waals surface area contributed by atoms with Gasteiger partial charge in [0.1, 0.15) is 0 Å². The topological polar surface area (TPSA) is 32.3 Å². The molecule has 1 fully saturated rings. The number of carbonyl (C=O) groups is 1. The molecule has 1 heterocycles. The average molecular weight is 288 g/mol. The van der Waals surface area contributed by atoms with Crippen LogP contribution in [0.5, 0.6) is 0 Å². The number of likely N-dealkylation sites (tertiary alicyclic amines) is 1. The Morgan fingerprint density at radius 3 is 2.52 bits per heavy atom. The van der Waals surface area contributed by atoms with Crippen LogP contribution in [0, 0.1) is 0 Å². The molecule has 116 valence electrons. The lowest BCUT2D eigenvalue weighted by molar-refractivity contribution is 0.0991. The van der Waals surface area contributed by atoms with E-state index in [2.05, 4.69) is 17.1 Å². The summed E-state index contributed by atoms with van der Waals surface area (Å²) >= 11 is 0. The van der Waals surface area contributed by atoms with Crippen LogP contribution < -0.4 is 5.32 Å². The van der Waals surface area contributed by atoms with E-state index >= 15 is 0 Å². The number of hydrogen-bond acceptors (Lipinski definition) is 3. The molecule has 3 heteroatoms. The highest BCUT2D eigenvalue weighted by Crippen LogP contribution is 2.08. The van der Waals surface area contributed by atoms with E-state index in [9.17, 15) is 4.79 Å². The normalized spacial score (nSPS) is 15.5.